The molecule has 1 aliphatic heterocycles. The van der Waals surface area contributed by atoms with E-state index < -0.39 is 0 Å². The number of rotatable bonds is 4. The largest absolute Gasteiger partial charge is 0.335 e. The second-order valence-electron chi connectivity index (χ2n) is 5.65. The Bertz CT molecular complexity index is 787. The van der Waals surface area contributed by atoms with E-state index in [1.54, 1.807) is 22.7 Å². The topological polar surface area (TPSA) is 36.4 Å². The minimum Gasteiger partial charge on any atom is -0.335 e. The highest BCUT2D eigenvalue weighted by atomic mass is 32.1. The van der Waals surface area contributed by atoms with E-state index in [0.29, 0.717) is 0 Å². The summed E-state index contributed by atoms with van der Waals surface area (Å²) < 4.78 is 0. The Kier molecular flexibility index (Phi) is 4.75. The second-order valence-corrected chi connectivity index (χ2v) is 8.49. The summed E-state index contributed by atoms with van der Waals surface area (Å²) in [7, 11) is 0. The Morgan fingerprint density at radius 2 is 1.83 bits per heavy atom. The first kappa shape index (κ1) is 16.0. The molecule has 0 saturated carbocycles. The number of aromatic nitrogens is 1. The first-order valence-corrected chi connectivity index (χ1v) is 10.5. The van der Waals surface area contributed by atoms with Crippen molar-refractivity contribution in [3.05, 3.63) is 50.3 Å². The number of thiazole rings is 1. The molecule has 3 aromatic rings. The van der Waals surface area contributed by atoms with Gasteiger partial charge in [-0.2, -0.15) is 0 Å². The SMILES string of the molecule is O=C(c1cccs1)N1CCN(Cc2nc(-c3cccs3)cs2)CC1. The molecule has 124 valence electrons. The van der Waals surface area contributed by atoms with Crippen LogP contribution in [0.2, 0.25) is 0 Å². The Morgan fingerprint density at radius 3 is 2.54 bits per heavy atom. The number of thiophene rings is 2. The van der Waals surface area contributed by atoms with Crippen LogP contribution in [0.3, 0.4) is 0 Å². The monoisotopic (exact) mass is 375 g/mol. The fraction of sp³-hybridized carbons (Fsp3) is 0.294. The molecule has 1 aliphatic rings. The van der Waals surface area contributed by atoms with Gasteiger partial charge in [0, 0.05) is 31.6 Å². The molecule has 1 amide bonds. The van der Waals surface area contributed by atoms with Crippen LogP contribution in [0.4, 0.5) is 0 Å². The minimum atomic E-state index is 0.166. The maximum absolute atomic E-state index is 12.4. The van der Waals surface area contributed by atoms with Crippen LogP contribution in [0, 0.1) is 0 Å². The summed E-state index contributed by atoms with van der Waals surface area (Å²) in [5.74, 6) is 0.166. The quantitative estimate of drug-likeness (QED) is 0.694. The van der Waals surface area contributed by atoms with Crippen molar-refractivity contribution in [3.63, 3.8) is 0 Å². The number of piperazine rings is 1. The third-order valence-electron chi connectivity index (χ3n) is 4.08. The molecule has 3 aromatic heterocycles. The number of amides is 1. The van der Waals surface area contributed by atoms with Gasteiger partial charge in [-0.05, 0) is 22.9 Å². The maximum atomic E-state index is 12.4. The van der Waals surface area contributed by atoms with Crippen LogP contribution in [-0.2, 0) is 6.54 Å². The molecule has 4 nitrogen and oxygen atoms in total. The van der Waals surface area contributed by atoms with Gasteiger partial charge in [-0.15, -0.1) is 34.0 Å². The fourth-order valence-corrected chi connectivity index (χ4v) is 5.06. The van der Waals surface area contributed by atoms with E-state index in [1.165, 1.54) is 16.2 Å². The van der Waals surface area contributed by atoms with Crippen molar-refractivity contribution in [2.75, 3.05) is 26.2 Å². The number of carbonyl (C=O) groups excluding carboxylic acids is 1. The molecular formula is C17H17N3OS3. The lowest BCUT2D eigenvalue weighted by Crippen LogP contribution is -2.48. The lowest BCUT2D eigenvalue weighted by Gasteiger charge is -2.34. The van der Waals surface area contributed by atoms with Gasteiger partial charge in [-0.3, -0.25) is 9.69 Å². The van der Waals surface area contributed by atoms with Gasteiger partial charge >= 0.3 is 0 Å². The van der Waals surface area contributed by atoms with Crippen molar-refractivity contribution in [2.24, 2.45) is 0 Å². The molecule has 0 N–H and O–H groups in total. The predicted molar refractivity (Wildman–Crippen MR) is 101 cm³/mol. The summed E-state index contributed by atoms with van der Waals surface area (Å²) in [5.41, 5.74) is 1.08. The maximum Gasteiger partial charge on any atom is 0.264 e. The Labute approximate surface area is 153 Å². The van der Waals surface area contributed by atoms with Crippen molar-refractivity contribution in [1.29, 1.82) is 0 Å². The molecule has 0 spiro atoms. The van der Waals surface area contributed by atoms with E-state index in [9.17, 15) is 4.79 Å². The highest BCUT2D eigenvalue weighted by Crippen LogP contribution is 2.26. The second kappa shape index (κ2) is 7.14. The zero-order valence-electron chi connectivity index (χ0n) is 13.1. The van der Waals surface area contributed by atoms with Crippen LogP contribution in [0.25, 0.3) is 10.6 Å². The van der Waals surface area contributed by atoms with Crippen LogP contribution < -0.4 is 0 Å². The Hall–Kier alpha value is -1.54. The number of nitrogens with zero attached hydrogens (tertiary/aromatic N) is 3. The van der Waals surface area contributed by atoms with Gasteiger partial charge in [0.15, 0.2) is 0 Å². The van der Waals surface area contributed by atoms with E-state index in [1.807, 2.05) is 22.4 Å². The van der Waals surface area contributed by atoms with Crippen molar-refractivity contribution in [3.8, 4) is 10.6 Å². The van der Waals surface area contributed by atoms with Crippen molar-refractivity contribution < 1.29 is 4.79 Å². The first-order valence-electron chi connectivity index (χ1n) is 7.83. The highest BCUT2D eigenvalue weighted by molar-refractivity contribution is 7.14. The molecule has 0 radical (unpaired) electrons. The third-order valence-corrected chi connectivity index (χ3v) is 6.66. The molecule has 1 fully saturated rings. The molecule has 0 aromatic carbocycles. The summed E-state index contributed by atoms with van der Waals surface area (Å²) in [5, 5.41) is 7.32. The molecule has 0 unspecified atom stereocenters. The molecule has 1 saturated heterocycles. The summed E-state index contributed by atoms with van der Waals surface area (Å²) in [6.07, 6.45) is 0. The molecular weight excluding hydrogens is 358 g/mol. The van der Waals surface area contributed by atoms with Gasteiger partial charge in [0.25, 0.3) is 5.91 Å². The van der Waals surface area contributed by atoms with Gasteiger partial charge in [0.05, 0.1) is 22.0 Å². The average molecular weight is 376 g/mol. The molecule has 24 heavy (non-hydrogen) atoms. The molecule has 4 heterocycles. The summed E-state index contributed by atoms with van der Waals surface area (Å²) in [6.45, 7) is 4.27. The van der Waals surface area contributed by atoms with E-state index in [4.69, 9.17) is 4.98 Å². The van der Waals surface area contributed by atoms with Gasteiger partial charge in [0.2, 0.25) is 0 Å². The predicted octanol–water partition coefficient (Wildman–Crippen LogP) is 3.89. The summed E-state index contributed by atoms with van der Waals surface area (Å²) >= 11 is 4.96. The van der Waals surface area contributed by atoms with Crippen LogP contribution in [-0.4, -0.2) is 46.9 Å². The van der Waals surface area contributed by atoms with E-state index in [2.05, 4.69) is 27.8 Å². The number of hydrogen-bond donors (Lipinski definition) is 0. The zero-order chi connectivity index (χ0) is 16.4. The average Bonchev–Trinajstić information content (AvgIpc) is 3.36. The van der Waals surface area contributed by atoms with Gasteiger partial charge in [-0.25, -0.2) is 4.98 Å². The van der Waals surface area contributed by atoms with E-state index in [-0.39, 0.29) is 5.91 Å². The molecule has 7 heteroatoms. The fourth-order valence-electron chi connectivity index (χ4n) is 2.78. The highest BCUT2D eigenvalue weighted by Gasteiger charge is 2.23. The molecule has 0 atom stereocenters. The van der Waals surface area contributed by atoms with E-state index >= 15 is 0 Å². The first-order chi connectivity index (χ1) is 11.8. The van der Waals surface area contributed by atoms with Crippen molar-refractivity contribution >= 4 is 39.9 Å². The Morgan fingerprint density at radius 1 is 1.04 bits per heavy atom. The lowest BCUT2D eigenvalue weighted by atomic mass is 10.3. The van der Waals surface area contributed by atoms with Crippen molar-refractivity contribution in [2.45, 2.75) is 6.54 Å². The third kappa shape index (κ3) is 3.44. The number of hydrogen-bond acceptors (Lipinski definition) is 6. The molecule has 4 rings (SSSR count). The zero-order valence-corrected chi connectivity index (χ0v) is 15.5. The molecule has 0 aliphatic carbocycles. The molecule has 0 bridgehead atoms. The van der Waals surface area contributed by atoms with Crippen LogP contribution in [0.5, 0.6) is 0 Å². The van der Waals surface area contributed by atoms with E-state index in [0.717, 1.165) is 48.3 Å². The van der Waals surface area contributed by atoms with Crippen molar-refractivity contribution in [1.82, 2.24) is 14.8 Å². The number of carbonyl (C=O) groups is 1. The lowest BCUT2D eigenvalue weighted by molar-refractivity contribution is 0.0633. The van der Waals surface area contributed by atoms with Crippen LogP contribution >= 0.6 is 34.0 Å². The minimum absolute atomic E-state index is 0.166. The standard InChI is InChI=1S/C17H17N3OS3/c21-17(15-4-2-10-23-15)20-7-5-19(6-8-20)11-16-18-13(12-24-16)14-3-1-9-22-14/h1-4,9-10,12H,5-8,11H2. The summed E-state index contributed by atoms with van der Waals surface area (Å²) in [4.78, 5) is 23.5. The van der Waals surface area contributed by atoms with Crippen LogP contribution in [0.15, 0.2) is 40.4 Å². The smallest absolute Gasteiger partial charge is 0.264 e. The van der Waals surface area contributed by atoms with Gasteiger partial charge in [0.1, 0.15) is 5.01 Å². The van der Waals surface area contributed by atoms with Gasteiger partial charge < -0.3 is 4.90 Å². The Balaban J connectivity index is 1.33. The normalized spacial score (nSPS) is 15.8. The summed E-state index contributed by atoms with van der Waals surface area (Å²) in [6, 6.07) is 8.00. The van der Waals surface area contributed by atoms with Crippen LogP contribution in [0.1, 0.15) is 14.7 Å². The van der Waals surface area contributed by atoms with Gasteiger partial charge in [-0.1, -0.05) is 12.1 Å².